The van der Waals surface area contributed by atoms with Crippen LogP contribution < -0.4 is 11.2 Å². The first-order valence-electron chi connectivity index (χ1n) is 18.7. The molecule has 5 fully saturated rings. The highest BCUT2D eigenvalue weighted by Gasteiger charge is 2.69. The molecule has 0 radical (unpaired) electrons. The molecule has 55 heavy (non-hydrogen) atoms. The zero-order valence-corrected chi connectivity index (χ0v) is 32.3. The van der Waals surface area contributed by atoms with Gasteiger partial charge >= 0.3 is 35.9 Å². The Morgan fingerprint density at radius 2 is 1.53 bits per heavy atom. The van der Waals surface area contributed by atoms with E-state index in [1.165, 1.54) is 6.92 Å². The second-order valence-electron chi connectivity index (χ2n) is 16.0. The molecule has 5 aliphatic rings. The van der Waals surface area contributed by atoms with Gasteiger partial charge in [0.05, 0.1) is 13.2 Å². The molecule has 0 aromatic carbocycles. The molecule has 0 bridgehead atoms. The van der Waals surface area contributed by atoms with Crippen molar-refractivity contribution in [2.24, 2.45) is 45.3 Å². The number of hydrogen-bond acceptors (Lipinski definition) is 16. The van der Waals surface area contributed by atoms with Crippen LogP contribution in [0.15, 0.2) is 5.10 Å². The van der Waals surface area contributed by atoms with Crippen molar-refractivity contribution in [3.05, 3.63) is 0 Å². The summed E-state index contributed by atoms with van der Waals surface area (Å²) >= 11 is 0. The van der Waals surface area contributed by atoms with Crippen molar-refractivity contribution in [1.82, 2.24) is 5.43 Å². The fraction of sp³-hybridized carbons (Fsp3) is 0.784. The van der Waals surface area contributed by atoms with Gasteiger partial charge in [0.25, 0.3) is 0 Å². The minimum atomic E-state index is -1.65. The van der Waals surface area contributed by atoms with E-state index in [1.807, 2.05) is 6.92 Å². The molecule has 0 aromatic rings. The van der Waals surface area contributed by atoms with Crippen LogP contribution in [0, 0.1) is 34.5 Å². The van der Waals surface area contributed by atoms with Gasteiger partial charge in [-0.2, -0.15) is 5.10 Å². The zero-order chi connectivity index (χ0) is 40.6. The van der Waals surface area contributed by atoms with Crippen molar-refractivity contribution < 1.29 is 71.8 Å². The molecule has 13 unspecified atom stereocenters. The number of esters is 5. The van der Waals surface area contributed by atoms with Crippen molar-refractivity contribution in [3.8, 4) is 0 Å². The fourth-order valence-electron chi connectivity index (χ4n) is 10.6. The Morgan fingerprint density at radius 1 is 0.891 bits per heavy atom. The molecule has 1 aliphatic heterocycles. The third-order valence-electron chi connectivity index (χ3n) is 12.8. The number of nitrogens with one attached hydrogen (secondary N) is 1. The predicted molar refractivity (Wildman–Crippen MR) is 186 cm³/mol. The van der Waals surface area contributed by atoms with Crippen molar-refractivity contribution >= 4 is 47.4 Å². The minimum absolute atomic E-state index is 0.0116. The second kappa shape index (κ2) is 16.1. The van der Waals surface area contributed by atoms with Crippen LogP contribution in [0.25, 0.3) is 0 Å². The standard InChI is InChI=1S/C37H53N3O15/c1-17(41)50-16-26(39-40-34(38)47)37(48)13-11-24-23-9-8-21-14-22(10-12-35(21,5)27(23)25(45)15-36(24,37)6)54-33-31(53-20(4)44)29(52-19(3)43)28(51-18(2)42)30(55-33)32(46)49-7/h21-24,27-31,33,48H,8-16H2,1-7H3,(H3,38,40,47). The number of nitrogens with two attached hydrogens (primary N) is 1. The number of fused-ring (bicyclic) bond motifs is 5. The largest absolute Gasteiger partial charge is 0.467 e. The summed E-state index contributed by atoms with van der Waals surface area (Å²) in [6.45, 7) is 8.19. The van der Waals surface area contributed by atoms with Crippen LogP contribution in [0.1, 0.15) is 92.9 Å². The number of amides is 2. The van der Waals surface area contributed by atoms with Crippen molar-refractivity contribution in [1.29, 1.82) is 0 Å². The number of methoxy groups -OCH3 is 1. The Balaban J connectivity index is 1.37. The Kier molecular flexibility index (Phi) is 12.3. The van der Waals surface area contributed by atoms with E-state index in [2.05, 4.69) is 17.5 Å². The lowest BCUT2D eigenvalue weighted by molar-refractivity contribution is -0.314. The molecule has 18 heteroatoms. The number of Topliss-reactive ketones (excluding diaryl/α,β-unsaturated/α-hetero) is 1. The molecule has 0 spiro atoms. The maximum atomic E-state index is 14.4. The lowest BCUT2D eigenvalue weighted by Gasteiger charge is -2.60. The number of hydrazone groups is 1. The van der Waals surface area contributed by atoms with Crippen LogP contribution in [0.5, 0.6) is 0 Å². The summed E-state index contributed by atoms with van der Waals surface area (Å²) in [5.74, 6) is -4.31. The molecular formula is C37H53N3O15. The van der Waals surface area contributed by atoms with Gasteiger partial charge in [-0.25, -0.2) is 15.0 Å². The van der Waals surface area contributed by atoms with Gasteiger partial charge in [0.2, 0.25) is 0 Å². The summed E-state index contributed by atoms with van der Waals surface area (Å²) in [6.07, 6.45) is -4.04. The Labute approximate surface area is 318 Å². The zero-order valence-electron chi connectivity index (χ0n) is 32.3. The summed E-state index contributed by atoms with van der Waals surface area (Å²) in [5.41, 5.74) is 4.39. The number of urea groups is 1. The highest BCUT2D eigenvalue weighted by atomic mass is 16.7. The number of nitrogens with zero attached hydrogens (tertiary/aromatic N) is 1. The first kappa shape index (κ1) is 42.0. The summed E-state index contributed by atoms with van der Waals surface area (Å²) in [5, 5.41) is 16.3. The third kappa shape index (κ3) is 8.08. The number of aliphatic hydroxyl groups is 1. The summed E-state index contributed by atoms with van der Waals surface area (Å²) in [6, 6.07) is -0.954. The third-order valence-corrected chi connectivity index (χ3v) is 12.8. The average Bonchev–Trinajstić information content (AvgIpc) is 3.35. The molecule has 0 aromatic heterocycles. The highest BCUT2D eigenvalue weighted by Crippen LogP contribution is 2.67. The van der Waals surface area contributed by atoms with Gasteiger partial charge in [0.15, 0.2) is 30.7 Å². The van der Waals surface area contributed by atoms with Gasteiger partial charge < -0.3 is 44.0 Å². The molecule has 13 atom stereocenters. The minimum Gasteiger partial charge on any atom is -0.467 e. The van der Waals surface area contributed by atoms with Crippen LogP contribution in [0.2, 0.25) is 0 Å². The van der Waals surface area contributed by atoms with E-state index in [0.29, 0.717) is 32.1 Å². The molecule has 4 N–H and O–H groups in total. The summed E-state index contributed by atoms with van der Waals surface area (Å²) in [7, 11) is 1.11. The highest BCUT2D eigenvalue weighted by molar-refractivity contribution is 5.97. The number of ketones is 1. The predicted octanol–water partition coefficient (Wildman–Crippen LogP) is 1.60. The molecule has 18 nitrogen and oxygen atoms in total. The van der Waals surface area contributed by atoms with Gasteiger partial charge in [-0.05, 0) is 68.1 Å². The number of rotatable bonds is 10. The smallest absolute Gasteiger partial charge is 0.339 e. The van der Waals surface area contributed by atoms with Gasteiger partial charge in [-0.15, -0.1) is 0 Å². The van der Waals surface area contributed by atoms with Crippen LogP contribution in [-0.4, -0.2) is 109 Å². The number of primary amides is 1. The fourth-order valence-corrected chi connectivity index (χ4v) is 10.6. The first-order chi connectivity index (χ1) is 25.7. The summed E-state index contributed by atoms with van der Waals surface area (Å²) < 4.78 is 39.0. The van der Waals surface area contributed by atoms with E-state index >= 15 is 0 Å². The number of carbonyl (C=O) groups excluding carboxylic acids is 7. The van der Waals surface area contributed by atoms with Crippen LogP contribution in [0.3, 0.4) is 0 Å². The van der Waals surface area contributed by atoms with Crippen LogP contribution >= 0.6 is 0 Å². The summed E-state index contributed by atoms with van der Waals surface area (Å²) in [4.78, 5) is 87.2. The van der Waals surface area contributed by atoms with Gasteiger partial charge in [0, 0.05) is 45.4 Å². The number of carbonyl (C=O) groups is 7. The first-order valence-corrected chi connectivity index (χ1v) is 18.7. The molecular weight excluding hydrogens is 726 g/mol. The Bertz CT molecular complexity index is 1600. The normalized spacial score (nSPS) is 39.6. The van der Waals surface area contributed by atoms with Gasteiger partial charge in [0.1, 0.15) is 23.7 Å². The maximum Gasteiger partial charge on any atom is 0.339 e. The van der Waals surface area contributed by atoms with Crippen molar-refractivity contribution in [2.75, 3.05) is 13.7 Å². The molecule has 1 heterocycles. The molecule has 4 aliphatic carbocycles. The number of ether oxygens (including phenoxy) is 7. The van der Waals surface area contributed by atoms with E-state index in [4.69, 9.17) is 38.9 Å². The maximum absolute atomic E-state index is 14.4. The van der Waals surface area contributed by atoms with E-state index < -0.39 is 89.1 Å². The molecule has 306 valence electrons. The Morgan fingerprint density at radius 3 is 2.13 bits per heavy atom. The molecule has 4 saturated carbocycles. The lowest BCUT2D eigenvalue weighted by Crippen LogP contribution is -2.64. The Hall–Kier alpha value is -4.16. The van der Waals surface area contributed by atoms with Gasteiger partial charge in [-0.1, -0.05) is 13.8 Å². The second-order valence-corrected chi connectivity index (χ2v) is 16.0. The molecule has 2 amide bonds. The number of hydrogen-bond donors (Lipinski definition) is 3. The molecule has 1 saturated heterocycles. The van der Waals surface area contributed by atoms with Gasteiger partial charge in [-0.3, -0.25) is 24.0 Å². The lowest BCUT2D eigenvalue weighted by atomic mass is 9.44. The SMILES string of the molecule is COC(=O)C1OC(OC2CCC3(C)C(CCC4C3C(=O)CC3(C)C4CCC3(O)C(COC(C)=O)=NNC(N)=O)C2)C(OC(C)=O)C(OC(C)=O)C1OC(C)=O. The monoisotopic (exact) mass is 779 g/mol. The quantitative estimate of drug-likeness (QED) is 0.0936. The average molecular weight is 780 g/mol. The molecule has 5 rings (SSSR count). The topological polar surface area (TPSA) is 255 Å². The van der Waals surface area contributed by atoms with Crippen molar-refractivity contribution in [2.45, 2.75) is 135 Å². The van der Waals surface area contributed by atoms with Crippen LogP contribution in [-0.2, 0) is 61.9 Å². The van der Waals surface area contributed by atoms with E-state index in [1.54, 1.807) is 0 Å². The van der Waals surface area contributed by atoms with Crippen molar-refractivity contribution in [3.63, 3.8) is 0 Å². The van der Waals surface area contributed by atoms with E-state index in [0.717, 1.165) is 34.3 Å². The van der Waals surface area contributed by atoms with E-state index in [-0.39, 0.29) is 54.6 Å². The van der Waals surface area contributed by atoms with E-state index in [9.17, 15) is 38.7 Å². The van der Waals surface area contributed by atoms with Crippen LogP contribution in [0.4, 0.5) is 4.79 Å².